The van der Waals surface area contributed by atoms with Gasteiger partial charge in [-0.1, -0.05) is 29.8 Å². The van der Waals surface area contributed by atoms with Gasteiger partial charge in [-0.25, -0.2) is 0 Å². The first-order valence-corrected chi connectivity index (χ1v) is 8.88. The standard InChI is InChI=1S/C17H29BrN2O2/c1-5-20(6-2)12-8-11-19-13-14-15(18)9-10-16(21-4)17(14)22-7-3/h9-10,19H,5-8,11-13H2,1-4H3. The van der Waals surface area contributed by atoms with Crippen molar-refractivity contribution in [2.75, 3.05) is 39.9 Å². The van der Waals surface area contributed by atoms with E-state index in [0.717, 1.165) is 60.7 Å². The molecule has 0 amide bonds. The zero-order valence-corrected chi connectivity index (χ0v) is 15.8. The van der Waals surface area contributed by atoms with E-state index in [0.29, 0.717) is 6.61 Å². The van der Waals surface area contributed by atoms with Crippen LogP contribution in [0, 0.1) is 0 Å². The molecule has 1 aromatic carbocycles. The van der Waals surface area contributed by atoms with Gasteiger partial charge in [0.15, 0.2) is 11.5 Å². The Morgan fingerprint density at radius 1 is 1.18 bits per heavy atom. The van der Waals surface area contributed by atoms with Crippen LogP contribution in [0.25, 0.3) is 0 Å². The third-order valence-electron chi connectivity index (χ3n) is 3.70. The first kappa shape index (κ1) is 19.3. The molecule has 0 aliphatic heterocycles. The normalized spacial score (nSPS) is 11.0. The van der Waals surface area contributed by atoms with Crippen molar-refractivity contribution in [1.82, 2.24) is 10.2 Å². The number of halogens is 1. The summed E-state index contributed by atoms with van der Waals surface area (Å²) < 4.78 is 12.2. The Bertz CT molecular complexity index is 437. The monoisotopic (exact) mass is 372 g/mol. The highest BCUT2D eigenvalue weighted by molar-refractivity contribution is 9.10. The summed E-state index contributed by atoms with van der Waals surface area (Å²) in [4.78, 5) is 2.44. The molecule has 0 radical (unpaired) electrons. The lowest BCUT2D eigenvalue weighted by Crippen LogP contribution is -2.27. The van der Waals surface area contributed by atoms with Gasteiger partial charge >= 0.3 is 0 Å². The van der Waals surface area contributed by atoms with Crippen LogP contribution >= 0.6 is 15.9 Å². The molecule has 1 aromatic rings. The second-order valence-corrected chi connectivity index (χ2v) is 5.90. The molecule has 5 heteroatoms. The molecule has 0 fully saturated rings. The van der Waals surface area contributed by atoms with E-state index in [1.54, 1.807) is 7.11 Å². The fourth-order valence-corrected chi connectivity index (χ4v) is 2.84. The van der Waals surface area contributed by atoms with E-state index < -0.39 is 0 Å². The Labute approximate surface area is 143 Å². The van der Waals surface area contributed by atoms with Crippen LogP contribution in [0.5, 0.6) is 11.5 Å². The van der Waals surface area contributed by atoms with Crippen molar-refractivity contribution in [3.63, 3.8) is 0 Å². The lowest BCUT2D eigenvalue weighted by atomic mass is 10.1. The lowest BCUT2D eigenvalue weighted by molar-refractivity contribution is 0.296. The van der Waals surface area contributed by atoms with Crippen LogP contribution in [0.15, 0.2) is 16.6 Å². The fraction of sp³-hybridized carbons (Fsp3) is 0.647. The molecule has 4 nitrogen and oxygen atoms in total. The highest BCUT2D eigenvalue weighted by atomic mass is 79.9. The molecular formula is C17H29BrN2O2. The third-order valence-corrected chi connectivity index (χ3v) is 4.44. The van der Waals surface area contributed by atoms with Gasteiger partial charge in [-0.05, 0) is 51.7 Å². The molecule has 0 atom stereocenters. The first-order valence-electron chi connectivity index (χ1n) is 8.09. The van der Waals surface area contributed by atoms with Crippen LogP contribution in [0.4, 0.5) is 0 Å². The zero-order valence-electron chi connectivity index (χ0n) is 14.2. The number of hydrogen-bond donors (Lipinski definition) is 1. The van der Waals surface area contributed by atoms with Crippen LogP contribution in [0.1, 0.15) is 32.8 Å². The molecule has 126 valence electrons. The number of rotatable bonds is 11. The van der Waals surface area contributed by atoms with Gasteiger partial charge in [0.05, 0.1) is 13.7 Å². The Morgan fingerprint density at radius 2 is 1.91 bits per heavy atom. The Balaban J connectivity index is 2.57. The highest BCUT2D eigenvalue weighted by Gasteiger charge is 2.13. The summed E-state index contributed by atoms with van der Waals surface area (Å²) in [5.74, 6) is 1.61. The SMILES string of the molecule is CCOc1c(OC)ccc(Br)c1CNCCCN(CC)CC. The van der Waals surface area contributed by atoms with E-state index in [1.165, 1.54) is 0 Å². The number of nitrogens with zero attached hydrogens (tertiary/aromatic N) is 1. The summed E-state index contributed by atoms with van der Waals surface area (Å²) in [5, 5.41) is 3.50. The maximum atomic E-state index is 5.77. The number of methoxy groups -OCH3 is 1. The smallest absolute Gasteiger partial charge is 0.166 e. The zero-order chi connectivity index (χ0) is 16.4. The van der Waals surface area contributed by atoms with E-state index in [1.807, 2.05) is 19.1 Å². The number of nitrogens with one attached hydrogen (secondary N) is 1. The Morgan fingerprint density at radius 3 is 2.50 bits per heavy atom. The van der Waals surface area contributed by atoms with E-state index in [9.17, 15) is 0 Å². The second-order valence-electron chi connectivity index (χ2n) is 5.05. The summed E-state index contributed by atoms with van der Waals surface area (Å²) in [6.45, 7) is 12.2. The van der Waals surface area contributed by atoms with Crippen molar-refractivity contribution >= 4 is 15.9 Å². The molecule has 1 rings (SSSR count). The molecule has 0 saturated heterocycles. The predicted molar refractivity (Wildman–Crippen MR) is 96.0 cm³/mol. The largest absolute Gasteiger partial charge is 0.493 e. The van der Waals surface area contributed by atoms with Crippen molar-refractivity contribution in [1.29, 1.82) is 0 Å². The van der Waals surface area contributed by atoms with Gasteiger partial charge in [-0.15, -0.1) is 0 Å². The van der Waals surface area contributed by atoms with Gasteiger partial charge < -0.3 is 19.7 Å². The van der Waals surface area contributed by atoms with Crippen molar-refractivity contribution in [2.45, 2.75) is 33.7 Å². The second kappa shape index (κ2) is 10.9. The van der Waals surface area contributed by atoms with Crippen molar-refractivity contribution in [2.24, 2.45) is 0 Å². The van der Waals surface area contributed by atoms with Crippen molar-refractivity contribution in [3.8, 4) is 11.5 Å². The molecule has 0 saturated carbocycles. The minimum atomic E-state index is 0.627. The maximum absolute atomic E-state index is 5.77. The number of hydrogen-bond acceptors (Lipinski definition) is 4. The number of ether oxygens (including phenoxy) is 2. The molecule has 0 unspecified atom stereocenters. The molecule has 0 heterocycles. The van der Waals surface area contributed by atoms with Gasteiger partial charge in [-0.3, -0.25) is 0 Å². The van der Waals surface area contributed by atoms with Crippen molar-refractivity contribution < 1.29 is 9.47 Å². The van der Waals surface area contributed by atoms with Gasteiger partial charge in [0.1, 0.15) is 0 Å². The van der Waals surface area contributed by atoms with Crippen LogP contribution in [-0.2, 0) is 6.54 Å². The topological polar surface area (TPSA) is 33.7 Å². The van der Waals surface area contributed by atoms with Gasteiger partial charge in [0, 0.05) is 16.6 Å². The first-order chi connectivity index (χ1) is 10.7. The number of benzene rings is 1. The molecule has 22 heavy (non-hydrogen) atoms. The Hall–Kier alpha value is -0.780. The van der Waals surface area contributed by atoms with Crippen LogP contribution < -0.4 is 14.8 Å². The van der Waals surface area contributed by atoms with Gasteiger partial charge in [-0.2, -0.15) is 0 Å². The molecular weight excluding hydrogens is 344 g/mol. The molecule has 0 aliphatic carbocycles. The van der Waals surface area contributed by atoms with E-state index in [2.05, 4.69) is 40.0 Å². The van der Waals surface area contributed by atoms with E-state index in [4.69, 9.17) is 9.47 Å². The quantitative estimate of drug-likeness (QED) is 0.600. The summed E-state index contributed by atoms with van der Waals surface area (Å²) in [7, 11) is 1.67. The van der Waals surface area contributed by atoms with Crippen LogP contribution in [-0.4, -0.2) is 44.8 Å². The van der Waals surface area contributed by atoms with Crippen LogP contribution in [0.2, 0.25) is 0 Å². The minimum absolute atomic E-state index is 0.627. The Kier molecular flexibility index (Phi) is 9.52. The molecule has 1 N–H and O–H groups in total. The molecule has 0 spiro atoms. The fourth-order valence-electron chi connectivity index (χ4n) is 2.39. The molecule has 0 bridgehead atoms. The summed E-state index contributed by atoms with van der Waals surface area (Å²) in [6.07, 6.45) is 1.15. The summed E-state index contributed by atoms with van der Waals surface area (Å²) >= 11 is 3.61. The molecule has 0 aliphatic rings. The maximum Gasteiger partial charge on any atom is 0.166 e. The lowest BCUT2D eigenvalue weighted by Gasteiger charge is -2.18. The van der Waals surface area contributed by atoms with E-state index >= 15 is 0 Å². The van der Waals surface area contributed by atoms with Gasteiger partial charge in [0.25, 0.3) is 0 Å². The average molecular weight is 373 g/mol. The van der Waals surface area contributed by atoms with Crippen LogP contribution in [0.3, 0.4) is 0 Å². The molecule has 0 aromatic heterocycles. The van der Waals surface area contributed by atoms with Crippen molar-refractivity contribution in [3.05, 3.63) is 22.2 Å². The predicted octanol–water partition coefficient (Wildman–Crippen LogP) is 3.68. The highest BCUT2D eigenvalue weighted by Crippen LogP contribution is 2.36. The average Bonchev–Trinajstić information content (AvgIpc) is 2.53. The minimum Gasteiger partial charge on any atom is -0.493 e. The van der Waals surface area contributed by atoms with Gasteiger partial charge in [0.2, 0.25) is 0 Å². The van der Waals surface area contributed by atoms with E-state index in [-0.39, 0.29) is 0 Å². The summed E-state index contributed by atoms with van der Waals surface area (Å²) in [6, 6.07) is 3.94. The third kappa shape index (κ3) is 5.78. The summed E-state index contributed by atoms with van der Waals surface area (Å²) in [5.41, 5.74) is 1.11.